The average molecular weight is 226 g/mol. The van der Waals surface area contributed by atoms with Crippen LogP contribution >= 0.6 is 0 Å². The molecule has 0 radical (unpaired) electrons. The molecule has 1 heterocycles. The summed E-state index contributed by atoms with van der Waals surface area (Å²) in [5.41, 5.74) is -0.0571. The molecule has 90 valence electrons. The van der Waals surface area contributed by atoms with Gasteiger partial charge in [-0.05, 0) is 32.6 Å². The summed E-state index contributed by atoms with van der Waals surface area (Å²) < 4.78 is 0. The van der Waals surface area contributed by atoms with E-state index in [4.69, 9.17) is 5.11 Å². The van der Waals surface area contributed by atoms with Gasteiger partial charge in [0, 0.05) is 18.6 Å². The zero-order valence-electron chi connectivity index (χ0n) is 9.53. The summed E-state index contributed by atoms with van der Waals surface area (Å²) in [6.45, 7) is 2.94. The molecule has 2 aliphatic rings. The molecule has 2 fully saturated rings. The van der Waals surface area contributed by atoms with Gasteiger partial charge in [-0.25, -0.2) is 4.79 Å². The van der Waals surface area contributed by atoms with Crippen LogP contribution < -0.4 is 5.32 Å². The molecule has 0 aromatic rings. The van der Waals surface area contributed by atoms with Crippen LogP contribution in [0.3, 0.4) is 0 Å². The zero-order valence-corrected chi connectivity index (χ0v) is 9.53. The Labute approximate surface area is 94.8 Å². The van der Waals surface area contributed by atoms with E-state index >= 15 is 0 Å². The van der Waals surface area contributed by atoms with Gasteiger partial charge in [-0.3, -0.25) is 4.79 Å². The van der Waals surface area contributed by atoms with Crippen LogP contribution in [0.5, 0.6) is 0 Å². The Morgan fingerprint density at radius 2 is 2.12 bits per heavy atom. The molecule has 0 aromatic carbocycles. The first-order valence-corrected chi connectivity index (χ1v) is 5.80. The van der Waals surface area contributed by atoms with Gasteiger partial charge in [0.05, 0.1) is 5.92 Å². The highest BCUT2D eigenvalue weighted by Crippen LogP contribution is 2.31. The van der Waals surface area contributed by atoms with Crippen molar-refractivity contribution in [1.82, 2.24) is 10.2 Å². The highest BCUT2D eigenvalue weighted by molar-refractivity contribution is 5.78. The quantitative estimate of drug-likeness (QED) is 0.739. The normalized spacial score (nSPS) is 27.3. The molecule has 1 saturated heterocycles. The summed E-state index contributed by atoms with van der Waals surface area (Å²) in [6, 6.07) is -0.106. The molecular formula is C11H18N2O3. The third kappa shape index (κ3) is 2.13. The highest BCUT2D eigenvalue weighted by Gasteiger charge is 2.37. The van der Waals surface area contributed by atoms with Crippen molar-refractivity contribution < 1.29 is 14.7 Å². The lowest BCUT2D eigenvalue weighted by Crippen LogP contribution is -2.54. The van der Waals surface area contributed by atoms with E-state index in [1.165, 1.54) is 0 Å². The number of nitrogens with zero attached hydrogens (tertiary/aromatic N) is 1. The number of carbonyl (C=O) groups excluding carboxylic acids is 1. The smallest absolute Gasteiger partial charge is 0.317 e. The number of hydrogen-bond acceptors (Lipinski definition) is 2. The van der Waals surface area contributed by atoms with E-state index in [-0.39, 0.29) is 17.5 Å². The van der Waals surface area contributed by atoms with Crippen LogP contribution in [0, 0.1) is 5.92 Å². The molecule has 5 heteroatoms. The first kappa shape index (κ1) is 11.2. The maximum absolute atomic E-state index is 11.8. The molecule has 5 nitrogen and oxygen atoms in total. The Hall–Kier alpha value is -1.26. The predicted molar refractivity (Wildman–Crippen MR) is 58.1 cm³/mol. The third-order valence-corrected chi connectivity index (χ3v) is 3.69. The number of likely N-dealkylation sites (tertiary alicyclic amines) is 1. The van der Waals surface area contributed by atoms with Crippen LogP contribution in [0.2, 0.25) is 0 Å². The summed E-state index contributed by atoms with van der Waals surface area (Å²) in [6.07, 6.45) is 3.78. The van der Waals surface area contributed by atoms with E-state index < -0.39 is 5.97 Å². The second-order valence-electron chi connectivity index (χ2n) is 5.11. The maximum atomic E-state index is 11.8. The fraction of sp³-hybridized carbons (Fsp3) is 0.818. The zero-order chi connectivity index (χ0) is 11.8. The Morgan fingerprint density at radius 3 is 2.56 bits per heavy atom. The second-order valence-corrected chi connectivity index (χ2v) is 5.11. The monoisotopic (exact) mass is 226 g/mol. The van der Waals surface area contributed by atoms with E-state index in [0.717, 1.165) is 19.3 Å². The van der Waals surface area contributed by atoms with Gasteiger partial charge in [-0.15, -0.1) is 0 Å². The summed E-state index contributed by atoms with van der Waals surface area (Å²) in [5.74, 6) is -1.19. The van der Waals surface area contributed by atoms with E-state index in [0.29, 0.717) is 19.5 Å². The first-order chi connectivity index (χ1) is 7.50. The van der Waals surface area contributed by atoms with Gasteiger partial charge in [0.2, 0.25) is 0 Å². The molecule has 0 spiro atoms. The molecule has 1 saturated carbocycles. The lowest BCUT2D eigenvalue weighted by atomic mass is 9.79. The number of carbonyl (C=O) groups is 2. The molecule has 2 rings (SSSR count). The minimum Gasteiger partial charge on any atom is -0.481 e. The summed E-state index contributed by atoms with van der Waals surface area (Å²) in [7, 11) is 0. The van der Waals surface area contributed by atoms with Crippen molar-refractivity contribution in [2.75, 3.05) is 13.1 Å². The third-order valence-electron chi connectivity index (χ3n) is 3.69. The molecular weight excluding hydrogens is 208 g/mol. The number of hydrogen-bond donors (Lipinski definition) is 2. The van der Waals surface area contributed by atoms with Gasteiger partial charge < -0.3 is 15.3 Å². The van der Waals surface area contributed by atoms with Crippen molar-refractivity contribution in [3.8, 4) is 0 Å². The number of carboxylic acids is 1. The minimum absolute atomic E-state index is 0.0571. The fourth-order valence-electron chi connectivity index (χ4n) is 2.32. The molecule has 1 unspecified atom stereocenters. The minimum atomic E-state index is -0.801. The molecule has 2 N–H and O–H groups in total. The maximum Gasteiger partial charge on any atom is 0.317 e. The van der Waals surface area contributed by atoms with Gasteiger partial charge in [-0.1, -0.05) is 0 Å². The Morgan fingerprint density at radius 1 is 1.44 bits per heavy atom. The Bertz CT molecular complexity index is 312. The molecule has 1 aliphatic heterocycles. The predicted octanol–water partition coefficient (Wildman–Crippen LogP) is 1.05. The standard InChI is InChI=1S/C11H18N2O3/c1-11(4-2-5-11)12-10(16)13-6-3-8(7-13)9(14)15/h8H,2-7H2,1H3,(H,12,16)(H,14,15). The van der Waals surface area contributed by atoms with Crippen molar-refractivity contribution in [2.45, 2.75) is 38.1 Å². The van der Waals surface area contributed by atoms with E-state index in [2.05, 4.69) is 5.32 Å². The van der Waals surface area contributed by atoms with Crippen LogP contribution in [0.1, 0.15) is 32.6 Å². The average Bonchev–Trinajstić information content (AvgIpc) is 2.64. The van der Waals surface area contributed by atoms with Crippen LogP contribution in [0.4, 0.5) is 4.79 Å². The first-order valence-electron chi connectivity index (χ1n) is 5.80. The molecule has 1 aliphatic carbocycles. The number of aliphatic carboxylic acids is 1. The fourth-order valence-corrected chi connectivity index (χ4v) is 2.32. The SMILES string of the molecule is CC1(NC(=O)N2CCC(C(=O)O)C2)CCC1. The Balaban J connectivity index is 1.84. The van der Waals surface area contributed by atoms with Gasteiger partial charge in [0.25, 0.3) is 0 Å². The van der Waals surface area contributed by atoms with Crippen molar-refractivity contribution in [1.29, 1.82) is 0 Å². The van der Waals surface area contributed by atoms with Gasteiger partial charge in [-0.2, -0.15) is 0 Å². The highest BCUT2D eigenvalue weighted by atomic mass is 16.4. The summed E-state index contributed by atoms with van der Waals surface area (Å²) >= 11 is 0. The topological polar surface area (TPSA) is 69.6 Å². The van der Waals surface area contributed by atoms with Gasteiger partial charge in [0.1, 0.15) is 0 Å². The van der Waals surface area contributed by atoms with Gasteiger partial charge in [0.15, 0.2) is 0 Å². The molecule has 1 atom stereocenters. The molecule has 0 aromatic heterocycles. The lowest BCUT2D eigenvalue weighted by Gasteiger charge is -2.40. The second kappa shape index (κ2) is 3.96. The van der Waals surface area contributed by atoms with E-state index in [1.807, 2.05) is 6.92 Å². The molecule has 2 amide bonds. The van der Waals surface area contributed by atoms with Crippen molar-refractivity contribution >= 4 is 12.0 Å². The van der Waals surface area contributed by atoms with Crippen molar-refractivity contribution in [3.63, 3.8) is 0 Å². The van der Waals surface area contributed by atoms with Crippen LogP contribution in [-0.2, 0) is 4.79 Å². The van der Waals surface area contributed by atoms with Crippen LogP contribution in [0.15, 0.2) is 0 Å². The number of nitrogens with one attached hydrogen (secondary N) is 1. The number of carboxylic acid groups (broad SMARTS) is 1. The number of rotatable bonds is 2. The van der Waals surface area contributed by atoms with Gasteiger partial charge >= 0.3 is 12.0 Å². The number of urea groups is 1. The molecule has 16 heavy (non-hydrogen) atoms. The van der Waals surface area contributed by atoms with E-state index in [1.54, 1.807) is 4.90 Å². The lowest BCUT2D eigenvalue weighted by molar-refractivity contribution is -0.141. The van der Waals surface area contributed by atoms with Crippen LogP contribution in [0.25, 0.3) is 0 Å². The number of amides is 2. The van der Waals surface area contributed by atoms with Crippen LogP contribution in [-0.4, -0.2) is 40.6 Å². The van der Waals surface area contributed by atoms with Crippen molar-refractivity contribution in [2.24, 2.45) is 5.92 Å². The largest absolute Gasteiger partial charge is 0.481 e. The Kier molecular flexibility index (Phi) is 2.78. The summed E-state index contributed by atoms with van der Waals surface area (Å²) in [4.78, 5) is 24.2. The van der Waals surface area contributed by atoms with E-state index in [9.17, 15) is 9.59 Å². The molecule has 0 bridgehead atoms. The summed E-state index contributed by atoms with van der Waals surface area (Å²) in [5, 5.41) is 11.8. The van der Waals surface area contributed by atoms with Crippen molar-refractivity contribution in [3.05, 3.63) is 0 Å².